The lowest BCUT2D eigenvalue weighted by molar-refractivity contribution is 0.812. The smallest absolute Gasteiger partial charge is 0.113 e. The van der Waals surface area contributed by atoms with E-state index in [9.17, 15) is 0 Å². The molecule has 76 valence electrons. The fourth-order valence-corrected chi connectivity index (χ4v) is 1.79. The topological polar surface area (TPSA) is 44.5 Å². The van der Waals surface area contributed by atoms with Crippen LogP contribution in [0, 0.1) is 0 Å². The SMILES string of the molecule is CC(C)c1c[nH]c2c(C(C)C)[nH]nc12. The first-order valence-corrected chi connectivity index (χ1v) is 5.16. The molecule has 2 heterocycles. The van der Waals surface area contributed by atoms with Crippen molar-refractivity contribution in [3.63, 3.8) is 0 Å². The van der Waals surface area contributed by atoms with Crippen molar-refractivity contribution in [3.05, 3.63) is 17.5 Å². The molecule has 0 atom stereocenters. The fourth-order valence-electron chi connectivity index (χ4n) is 1.79. The van der Waals surface area contributed by atoms with E-state index < -0.39 is 0 Å². The lowest BCUT2D eigenvalue weighted by atomic mass is 10.1. The highest BCUT2D eigenvalue weighted by atomic mass is 15.1. The summed E-state index contributed by atoms with van der Waals surface area (Å²) in [4.78, 5) is 3.31. The third-order valence-electron chi connectivity index (χ3n) is 2.64. The normalized spacial score (nSPS) is 12.1. The predicted octanol–water partition coefficient (Wildman–Crippen LogP) is 3.14. The molecule has 0 aliphatic heterocycles. The van der Waals surface area contributed by atoms with Crippen LogP contribution in [0.3, 0.4) is 0 Å². The molecule has 0 aliphatic carbocycles. The van der Waals surface area contributed by atoms with Crippen LogP contribution in [0.15, 0.2) is 6.20 Å². The third-order valence-corrected chi connectivity index (χ3v) is 2.64. The molecule has 14 heavy (non-hydrogen) atoms. The Kier molecular flexibility index (Phi) is 2.10. The summed E-state index contributed by atoms with van der Waals surface area (Å²) in [7, 11) is 0. The van der Waals surface area contributed by atoms with Crippen molar-refractivity contribution < 1.29 is 0 Å². The van der Waals surface area contributed by atoms with Gasteiger partial charge in [0.1, 0.15) is 5.52 Å². The Morgan fingerprint density at radius 3 is 2.43 bits per heavy atom. The Morgan fingerprint density at radius 2 is 1.86 bits per heavy atom. The Hall–Kier alpha value is -1.25. The zero-order chi connectivity index (χ0) is 10.3. The van der Waals surface area contributed by atoms with E-state index in [0.717, 1.165) is 5.52 Å². The molecule has 0 saturated heterocycles. The maximum Gasteiger partial charge on any atom is 0.113 e. The number of aromatic nitrogens is 3. The molecule has 2 aromatic heterocycles. The molecule has 0 amide bonds. The summed E-state index contributed by atoms with van der Waals surface area (Å²) in [5, 5.41) is 7.47. The zero-order valence-electron chi connectivity index (χ0n) is 9.18. The summed E-state index contributed by atoms with van der Waals surface area (Å²) in [5.41, 5.74) is 4.77. The lowest BCUT2D eigenvalue weighted by Crippen LogP contribution is -1.88. The largest absolute Gasteiger partial charge is 0.358 e. The van der Waals surface area contributed by atoms with Gasteiger partial charge in [0.15, 0.2) is 0 Å². The first-order chi connectivity index (χ1) is 6.61. The maximum atomic E-state index is 4.36. The van der Waals surface area contributed by atoms with E-state index in [1.807, 2.05) is 0 Å². The molecule has 3 nitrogen and oxygen atoms in total. The summed E-state index contributed by atoms with van der Waals surface area (Å²) in [6.45, 7) is 8.71. The second kappa shape index (κ2) is 3.15. The van der Waals surface area contributed by atoms with Gasteiger partial charge >= 0.3 is 0 Å². The maximum absolute atomic E-state index is 4.36. The fraction of sp³-hybridized carbons (Fsp3) is 0.545. The van der Waals surface area contributed by atoms with Crippen molar-refractivity contribution in [3.8, 4) is 0 Å². The van der Waals surface area contributed by atoms with Crippen LogP contribution >= 0.6 is 0 Å². The van der Waals surface area contributed by atoms with Gasteiger partial charge in [-0.25, -0.2) is 0 Å². The van der Waals surface area contributed by atoms with Crippen LogP contribution in [0.4, 0.5) is 0 Å². The number of H-pyrrole nitrogens is 2. The average Bonchev–Trinajstić information content (AvgIpc) is 2.59. The molecular formula is C11H17N3. The van der Waals surface area contributed by atoms with Crippen molar-refractivity contribution in [1.29, 1.82) is 0 Å². The van der Waals surface area contributed by atoms with E-state index in [1.165, 1.54) is 16.8 Å². The molecule has 0 aliphatic rings. The first-order valence-electron chi connectivity index (χ1n) is 5.16. The Morgan fingerprint density at radius 1 is 1.14 bits per heavy atom. The summed E-state index contributed by atoms with van der Waals surface area (Å²) in [6, 6.07) is 0. The molecule has 0 fully saturated rings. The number of nitrogens with zero attached hydrogens (tertiary/aromatic N) is 1. The molecule has 2 aromatic rings. The van der Waals surface area contributed by atoms with Crippen molar-refractivity contribution in [1.82, 2.24) is 15.2 Å². The van der Waals surface area contributed by atoms with Crippen LogP contribution in [-0.2, 0) is 0 Å². The summed E-state index contributed by atoms with van der Waals surface area (Å²) >= 11 is 0. The van der Waals surface area contributed by atoms with Crippen LogP contribution in [0.5, 0.6) is 0 Å². The summed E-state index contributed by atoms with van der Waals surface area (Å²) < 4.78 is 0. The molecule has 0 spiro atoms. The Bertz CT molecular complexity index is 392. The van der Waals surface area contributed by atoms with Crippen molar-refractivity contribution in [2.45, 2.75) is 39.5 Å². The molecule has 0 bridgehead atoms. The van der Waals surface area contributed by atoms with Gasteiger partial charge in [0.25, 0.3) is 0 Å². The molecule has 0 saturated carbocycles. The molecule has 0 unspecified atom stereocenters. The van der Waals surface area contributed by atoms with Crippen LogP contribution in [-0.4, -0.2) is 15.2 Å². The monoisotopic (exact) mass is 191 g/mol. The van der Waals surface area contributed by atoms with E-state index in [2.05, 4.69) is 49.1 Å². The predicted molar refractivity (Wildman–Crippen MR) is 58.6 cm³/mol. The highest BCUT2D eigenvalue weighted by Gasteiger charge is 2.14. The van der Waals surface area contributed by atoms with Gasteiger partial charge in [0.05, 0.1) is 11.2 Å². The van der Waals surface area contributed by atoms with Crippen LogP contribution in [0.25, 0.3) is 11.0 Å². The Balaban J connectivity index is 2.61. The van der Waals surface area contributed by atoms with Gasteiger partial charge in [-0.3, -0.25) is 5.10 Å². The van der Waals surface area contributed by atoms with Crippen molar-refractivity contribution in [2.75, 3.05) is 0 Å². The minimum absolute atomic E-state index is 0.485. The quantitative estimate of drug-likeness (QED) is 0.752. The number of hydrogen-bond acceptors (Lipinski definition) is 1. The van der Waals surface area contributed by atoms with E-state index in [0.29, 0.717) is 11.8 Å². The van der Waals surface area contributed by atoms with Crippen LogP contribution in [0.2, 0.25) is 0 Å². The number of aromatic amines is 2. The zero-order valence-corrected chi connectivity index (χ0v) is 9.18. The number of nitrogens with one attached hydrogen (secondary N) is 2. The highest BCUT2D eigenvalue weighted by Crippen LogP contribution is 2.28. The molecule has 2 rings (SSSR count). The average molecular weight is 191 g/mol. The van der Waals surface area contributed by atoms with Crippen LogP contribution < -0.4 is 0 Å². The summed E-state index contributed by atoms with van der Waals surface area (Å²) in [6.07, 6.45) is 2.07. The Labute approximate surface area is 83.9 Å². The standard InChI is InChI=1S/C11H17N3/c1-6(2)8-5-12-11-9(7(3)4)13-14-10(8)11/h5-7,12H,1-4H3,(H,13,14). The van der Waals surface area contributed by atoms with Gasteiger partial charge in [-0.15, -0.1) is 0 Å². The minimum atomic E-state index is 0.485. The molecule has 0 aromatic carbocycles. The van der Waals surface area contributed by atoms with Gasteiger partial charge in [-0.1, -0.05) is 27.7 Å². The van der Waals surface area contributed by atoms with E-state index in [-0.39, 0.29) is 0 Å². The van der Waals surface area contributed by atoms with Crippen molar-refractivity contribution >= 4 is 11.0 Å². The molecular weight excluding hydrogens is 174 g/mol. The number of rotatable bonds is 2. The lowest BCUT2D eigenvalue weighted by Gasteiger charge is -1.98. The van der Waals surface area contributed by atoms with E-state index >= 15 is 0 Å². The van der Waals surface area contributed by atoms with Gasteiger partial charge in [-0.2, -0.15) is 5.10 Å². The highest BCUT2D eigenvalue weighted by molar-refractivity contribution is 5.82. The second-order valence-corrected chi connectivity index (χ2v) is 4.41. The second-order valence-electron chi connectivity index (χ2n) is 4.41. The third kappa shape index (κ3) is 1.24. The summed E-state index contributed by atoms with van der Waals surface area (Å²) in [5.74, 6) is 1.01. The number of hydrogen-bond donors (Lipinski definition) is 2. The minimum Gasteiger partial charge on any atom is -0.358 e. The van der Waals surface area contributed by atoms with Gasteiger partial charge in [-0.05, 0) is 11.8 Å². The van der Waals surface area contributed by atoms with E-state index in [4.69, 9.17) is 0 Å². The van der Waals surface area contributed by atoms with Gasteiger partial charge in [0, 0.05) is 11.8 Å². The molecule has 0 radical (unpaired) electrons. The van der Waals surface area contributed by atoms with Gasteiger partial charge in [0.2, 0.25) is 0 Å². The first kappa shape index (κ1) is 9.31. The van der Waals surface area contributed by atoms with Crippen molar-refractivity contribution in [2.24, 2.45) is 0 Å². The molecule has 3 heteroatoms. The van der Waals surface area contributed by atoms with Gasteiger partial charge < -0.3 is 4.98 Å². The van der Waals surface area contributed by atoms with Crippen LogP contribution in [0.1, 0.15) is 50.8 Å². The number of fused-ring (bicyclic) bond motifs is 1. The van der Waals surface area contributed by atoms with E-state index in [1.54, 1.807) is 0 Å². The molecule has 2 N–H and O–H groups in total.